The molecule has 144 valence electrons. The summed E-state index contributed by atoms with van der Waals surface area (Å²) in [7, 11) is 0. The molecular formula is C23H34O2S. The molecule has 0 N–H and O–H groups in total. The van der Waals surface area contributed by atoms with E-state index < -0.39 is 0 Å². The van der Waals surface area contributed by atoms with Crippen LogP contribution in [0.25, 0.3) is 0 Å². The van der Waals surface area contributed by atoms with Crippen LogP contribution < -0.4 is 0 Å². The van der Waals surface area contributed by atoms with Gasteiger partial charge in [-0.3, -0.25) is 4.79 Å². The van der Waals surface area contributed by atoms with Gasteiger partial charge in [0.2, 0.25) is 0 Å². The number of thioether (sulfide) groups is 1. The van der Waals surface area contributed by atoms with E-state index in [1.807, 2.05) is 36.4 Å². The predicted octanol–water partition coefficient (Wildman–Crippen LogP) is 6.36. The molecule has 2 rings (SSSR count). The normalized spacial score (nSPS) is 24.9. The number of benzene rings is 1. The maximum Gasteiger partial charge on any atom is 0.320 e. The molecule has 0 aliphatic heterocycles. The molecule has 1 fully saturated rings. The summed E-state index contributed by atoms with van der Waals surface area (Å²) in [6.07, 6.45) is 5.27. The van der Waals surface area contributed by atoms with Crippen molar-refractivity contribution in [3.63, 3.8) is 0 Å². The first kappa shape index (κ1) is 21.1. The zero-order valence-electron chi connectivity index (χ0n) is 16.9. The minimum absolute atomic E-state index is 0.0331. The van der Waals surface area contributed by atoms with Crippen LogP contribution in [0.15, 0.2) is 47.9 Å². The Morgan fingerprint density at radius 2 is 1.92 bits per heavy atom. The Labute approximate surface area is 163 Å². The van der Waals surface area contributed by atoms with Gasteiger partial charge in [0.05, 0.1) is 0 Å². The first-order valence-corrected chi connectivity index (χ1v) is 10.7. The van der Waals surface area contributed by atoms with Gasteiger partial charge in [0.15, 0.2) is 0 Å². The van der Waals surface area contributed by atoms with E-state index >= 15 is 0 Å². The van der Waals surface area contributed by atoms with Crippen molar-refractivity contribution in [1.29, 1.82) is 0 Å². The lowest BCUT2D eigenvalue weighted by Crippen LogP contribution is -2.41. The number of esters is 1. The van der Waals surface area contributed by atoms with Crippen LogP contribution in [-0.2, 0) is 9.53 Å². The highest BCUT2D eigenvalue weighted by atomic mass is 32.2. The summed E-state index contributed by atoms with van der Waals surface area (Å²) in [5.41, 5.74) is -0.342. The third kappa shape index (κ3) is 5.39. The third-order valence-electron chi connectivity index (χ3n) is 5.64. The molecule has 1 aromatic rings. The van der Waals surface area contributed by atoms with Gasteiger partial charge in [-0.05, 0) is 42.7 Å². The van der Waals surface area contributed by atoms with Crippen LogP contribution >= 0.6 is 11.8 Å². The van der Waals surface area contributed by atoms with Gasteiger partial charge < -0.3 is 4.74 Å². The summed E-state index contributed by atoms with van der Waals surface area (Å²) in [4.78, 5) is 14.3. The highest BCUT2D eigenvalue weighted by Crippen LogP contribution is 2.40. The van der Waals surface area contributed by atoms with E-state index in [4.69, 9.17) is 4.74 Å². The van der Waals surface area contributed by atoms with E-state index in [-0.39, 0.29) is 22.7 Å². The summed E-state index contributed by atoms with van der Waals surface area (Å²) < 4.78 is 6.15. The van der Waals surface area contributed by atoms with Crippen molar-refractivity contribution >= 4 is 17.7 Å². The average Bonchev–Trinajstić information content (AvgIpc) is 2.60. The molecule has 1 unspecified atom stereocenters. The Morgan fingerprint density at radius 1 is 1.27 bits per heavy atom. The number of hydrogen-bond donors (Lipinski definition) is 0. The second-order valence-corrected chi connectivity index (χ2v) is 9.82. The maximum absolute atomic E-state index is 13.2. The Morgan fingerprint density at radius 3 is 2.50 bits per heavy atom. The lowest BCUT2D eigenvalue weighted by atomic mass is 9.75. The Bertz CT molecular complexity index is 593. The van der Waals surface area contributed by atoms with Gasteiger partial charge in [0.1, 0.15) is 11.4 Å². The molecule has 1 aromatic carbocycles. The smallest absolute Gasteiger partial charge is 0.320 e. The number of hydrogen-bond acceptors (Lipinski definition) is 3. The largest absolute Gasteiger partial charge is 0.461 e. The molecule has 1 aliphatic rings. The second-order valence-electron chi connectivity index (χ2n) is 8.64. The molecule has 0 spiro atoms. The van der Waals surface area contributed by atoms with Crippen LogP contribution in [0.1, 0.15) is 53.9 Å². The average molecular weight is 375 g/mol. The summed E-state index contributed by atoms with van der Waals surface area (Å²) in [6, 6.07) is 10.1. The van der Waals surface area contributed by atoms with Gasteiger partial charge in [-0.25, -0.2) is 0 Å². The molecule has 3 heteroatoms. The molecule has 0 amide bonds. The topological polar surface area (TPSA) is 26.3 Å². The maximum atomic E-state index is 13.2. The molecule has 0 radical (unpaired) electrons. The quantitative estimate of drug-likeness (QED) is 0.315. The lowest BCUT2D eigenvalue weighted by Gasteiger charge is -2.38. The Hall–Kier alpha value is -1.22. The van der Waals surface area contributed by atoms with Crippen molar-refractivity contribution in [3.05, 3.63) is 43.0 Å². The first-order valence-electron chi connectivity index (χ1n) is 9.80. The number of carbonyl (C=O) groups excluding carboxylic acids is 1. The minimum atomic E-state index is -0.342. The van der Waals surface area contributed by atoms with Gasteiger partial charge in [-0.2, -0.15) is 0 Å². The molecule has 2 nitrogen and oxygen atoms in total. The van der Waals surface area contributed by atoms with E-state index in [0.29, 0.717) is 17.8 Å². The van der Waals surface area contributed by atoms with Crippen molar-refractivity contribution in [2.75, 3.05) is 0 Å². The monoisotopic (exact) mass is 374 g/mol. The van der Waals surface area contributed by atoms with E-state index in [9.17, 15) is 4.79 Å². The van der Waals surface area contributed by atoms with E-state index in [1.165, 1.54) is 6.42 Å². The molecule has 26 heavy (non-hydrogen) atoms. The van der Waals surface area contributed by atoms with Crippen LogP contribution in [0.4, 0.5) is 0 Å². The fourth-order valence-corrected chi connectivity index (χ4v) is 4.85. The van der Waals surface area contributed by atoms with Gasteiger partial charge >= 0.3 is 5.97 Å². The predicted molar refractivity (Wildman–Crippen MR) is 111 cm³/mol. The zero-order chi connectivity index (χ0) is 19.3. The molecule has 1 saturated carbocycles. The van der Waals surface area contributed by atoms with Crippen LogP contribution in [0.3, 0.4) is 0 Å². The fraction of sp³-hybridized carbons (Fsp3) is 0.609. The minimum Gasteiger partial charge on any atom is -0.461 e. The third-order valence-corrected chi connectivity index (χ3v) is 7.22. The fourth-order valence-electron chi connectivity index (χ4n) is 3.71. The van der Waals surface area contributed by atoms with Crippen LogP contribution in [0.5, 0.6) is 0 Å². The van der Waals surface area contributed by atoms with Crippen molar-refractivity contribution in [2.45, 2.75) is 70.1 Å². The first-order chi connectivity index (χ1) is 12.2. The number of ether oxygens (including phenoxy) is 1. The zero-order valence-corrected chi connectivity index (χ0v) is 17.7. The standard InChI is InChI=1S/C23H34O2S/c1-7-23(5,6)21(26-18-11-9-8-10-12-18)22(24)25-20-15-17(4)13-14-19(20)16(2)3/h7-12,16-17,19-21H,1,13-15H2,2-6H3/t17-,19+,20-,21?/m1/s1. The van der Waals surface area contributed by atoms with Crippen molar-refractivity contribution in [2.24, 2.45) is 23.2 Å². The number of allylic oxidation sites excluding steroid dienone is 1. The van der Waals surface area contributed by atoms with Crippen molar-refractivity contribution in [1.82, 2.24) is 0 Å². The molecular weight excluding hydrogens is 340 g/mol. The second kappa shape index (κ2) is 9.12. The van der Waals surface area contributed by atoms with Crippen molar-refractivity contribution in [3.8, 4) is 0 Å². The van der Waals surface area contributed by atoms with Gasteiger partial charge in [-0.15, -0.1) is 18.3 Å². The highest BCUT2D eigenvalue weighted by molar-refractivity contribution is 8.00. The summed E-state index contributed by atoms with van der Waals surface area (Å²) in [5, 5.41) is -0.299. The molecule has 1 aliphatic carbocycles. The van der Waals surface area contributed by atoms with Gasteiger partial charge in [-0.1, -0.05) is 65.3 Å². The molecule has 0 saturated heterocycles. The van der Waals surface area contributed by atoms with Gasteiger partial charge in [0.25, 0.3) is 0 Å². The van der Waals surface area contributed by atoms with E-state index in [0.717, 1.165) is 17.7 Å². The Kier molecular flexibility index (Phi) is 7.40. The lowest BCUT2D eigenvalue weighted by molar-refractivity contribution is -0.156. The van der Waals surface area contributed by atoms with Crippen LogP contribution in [0.2, 0.25) is 0 Å². The molecule has 0 aromatic heterocycles. The molecule has 0 heterocycles. The summed E-state index contributed by atoms with van der Waals surface area (Å²) in [5.74, 6) is 1.52. The molecule has 0 bridgehead atoms. The SMILES string of the molecule is C=CC(C)(C)C(Sc1ccccc1)C(=O)O[C@@H]1C[C@H](C)CC[C@H]1C(C)C. The van der Waals surface area contributed by atoms with E-state index in [1.54, 1.807) is 11.8 Å². The van der Waals surface area contributed by atoms with Crippen LogP contribution in [-0.4, -0.2) is 17.3 Å². The number of carbonyl (C=O) groups is 1. The summed E-state index contributed by atoms with van der Waals surface area (Å²) in [6.45, 7) is 14.8. The highest BCUT2D eigenvalue weighted by Gasteiger charge is 2.39. The number of rotatable bonds is 7. The van der Waals surface area contributed by atoms with E-state index in [2.05, 4.69) is 41.2 Å². The van der Waals surface area contributed by atoms with Crippen LogP contribution in [0, 0.1) is 23.2 Å². The van der Waals surface area contributed by atoms with Crippen molar-refractivity contribution < 1.29 is 9.53 Å². The van der Waals surface area contributed by atoms with Gasteiger partial charge in [0, 0.05) is 10.3 Å². The summed E-state index contributed by atoms with van der Waals surface area (Å²) >= 11 is 1.58. The molecule has 4 atom stereocenters. The Balaban J connectivity index is 2.18.